The average molecular weight is 253 g/mol. The van der Waals surface area contributed by atoms with Gasteiger partial charge in [0.1, 0.15) is 0 Å². The van der Waals surface area contributed by atoms with Gasteiger partial charge in [-0.1, -0.05) is 13.3 Å². The fraction of sp³-hybridized carbons (Fsp3) is 0.538. The highest BCUT2D eigenvalue weighted by molar-refractivity contribution is 5.95. The molecule has 0 saturated heterocycles. The quantitative estimate of drug-likeness (QED) is 0.847. The van der Waals surface area contributed by atoms with Crippen molar-refractivity contribution in [2.24, 2.45) is 0 Å². The Kier molecular flexibility index (Phi) is 5.55. The molecule has 1 heterocycles. The highest BCUT2D eigenvalue weighted by atomic mass is 19.1. The van der Waals surface area contributed by atoms with E-state index in [0.717, 1.165) is 12.8 Å². The summed E-state index contributed by atoms with van der Waals surface area (Å²) in [5.41, 5.74) is 0.0762. The molecule has 1 N–H and O–H groups in total. The van der Waals surface area contributed by atoms with E-state index in [1.165, 1.54) is 12.3 Å². The summed E-state index contributed by atoms with van der Waals surface area (Å²) < 4.78 is 14.0. The van der Waals surface area contributed by atoms with E-state index in [1.54, 1.807) is 11.9 Å². The van der Waals surface area contributed by atoms with Crippen LogP contribution in [0, 0.1) is 5.82 Å². The summed E-state index contributed by atoms with van der Waals surface area (Å²) in [6.07, 6.45) is 3.37. The number of unbranched alkanes of at least 4 members (excludes halogenated alkanes) is 1. The summed E-state index contributed by atoms with van der Waals surface area (Å²) in [5.74, 6) is -0.755. The SMILES string of the molecule is CCCCN(CC)C(=O)c1ccnc(NC)c1F. The largest absolute Gasteiger partial charge is 0.371 e. The first-order chi connectivity index (χ1) is 8.65. The number of hydrogen-bond donors (Lipinski definition) is 1. The molecule has 0 aromatic carbocycles. The van der Waals surface area contributed by atoms with E-state index in [4.69, 9.17) is 0 Å². The summed E-state index contributed by atoms with van der Waals surface area (Å²) in [4.78, 5) is 17.7. The first-order valence-corrected chi connectivity index (χ1v) is 6.27. The van der Waals surface area contributed by atoms with Crippen molar-refractivity contribution in [2.45, 2.75) is 26.7 Å². The zero-order chi connectivity index (χ0) is 13.5. The van der Waals surface area contributed by atoms with Gasteiger partial charge in [-0.25, -0.2) is 9.37 Å². The number of aromatic nitrogens is 1. The number of hydrogen-bond acceptors (Lipinski definition) is 3. The number of pyridine rings is 1. The van der Waals surface area contributed by atoms with Crippen LogP contribution in [0.15, 0.2) is 12.3 Å². The fourth-order valence-electron chi connectivity index (χ4n) is 1.71. The second kappa shape index (κ2) is 6.93. The molecule has 0 unspecified atom stereocenters. The molecule has 1 aromatic heterocycles. The van der Waals surface area contributed by atoms with Gasteiger partial charge in [-0.3, -0.25) is 4.79 Å². The van der Waals surface area contributed by atoms with Crippen molar-refractivity contribution in [2.75, 3.05) is 25.5 Å². The molecule has 1 aromatic rings. The third-order valence-electron chi connectivity index (χ3n) is 2.81. The summed E-state index contributed by atoms with van der Waals surface area (Å²) in [6, 6.07) is 1.42. The number of carbonyl (C=O) groups is 1. The van der Waals surface area contributed by atoms with Gasteiger partial charge in [0.2, 0.25) is 0 Å². The number of halogens is 1. The first-order valence-electron chi connectivity index (χ1n) is 6.27. The zero-order valence-electron chi connectivity index (χ0n) is 11.2. The number of rotatable bonds is 6. The van der Waals surface area contributed by atoms with E-state index in [1.807, 2.05) is 6.92 Å². The fourth-order valence-corrected chi connectivity index (χ4v) is 1.71. The van der Waals surface area contributed by atoms with Crippen molar-refractivity contribution >= 4 is 11.7 Å². The molecule has 18 heavy (non-hydrogen) atoms. The first kappa shape index (κ1) is 14.4. The molecule has 0 aliphatic heterocycles. The normalized spacial score (nSPS) is 10.2. The van der Waals surface area contributed by atoms with Crippen LogP contribution in [0.3, 0.4) is 0 Å². The Morgan fingerprint density at radius 3 is 2.78 bits per heavy atom. The topological polar surface area (TPSA) is 45.2 Å². The van der Waals surface area contributed by atoms with Gasteiger partial charge >= 0.3 is 0 Å². The van der Waals surface area contributed by atoms with Crippen molar-refractivity contribution in [1.82, 2.24) is 9.88 Å². The van der Waals surface area contributed by atoms with E-state index in [0.29, 0.717) is 13.1 Å². The molecule has 0 saturated carbocycles. The van der Waals surface area contributed by atoms with Crippen molar-refractivity contribution in [3.05, 3.63) is 23.6 Å². The Morgan fingerprint density at radius 1 is 1.50 bits per heavy atom. The Hall–Kier alpha value is -1.65. The maximum Gasteiger partial charge on any atom is 0.257 e. The van der Waals surface area contributed by atoms with Gasteiger partial charge in [0.25, 0.3) is 5.91 Å². The molecule has 0 aliphatic rings. The predicted molar refractivity (Wildman–Crippen MR) is 70.2 cm³/mol. The van der Waals surface area contributed by atoms with Crippen LogP contribution < -0.4 is 5.32 Å². The Bertz CT molecular complexity index is 409. The summed E-state index contributed by atoms with van der Waals surface area (Å²) in [5, 5.41) is 2.63. The lowest BCUT2D eigenvalue weighted by Gasteiger charge is -2.21. The maximum atomic E-state index is 14.0. The van der Waals surface area contributed by atoms with Crippen LogP contribution in [-0.4, -0.2) is 35.9 Å². The van der Waals surface area contributed by atoms with Crippen LogP contribution in [-0.2, 0) is 0 Å². The summed E-state index contributed by atoms with van der Waals surface area (Å²) >= 11 is 0. The lowest BCUT2D eigenvalue weighted by molar-refractivity contribution is 0.0757. The molecular weight excluding hydrogens is 233 g/mol. The van der Waals surface area contributed by atoms with Crippen molar-refractivity contribution < 1.29 is 9.18 Å². The molecule has 0 aliphatic carbocycles. The van der Waals surface area contributed by atoms with Crippen LogP contribution >= 0.6 is 0 Å². The molecule has 0 radical (unpaired) electrons. The van der Waals surface area contributed by atoms with Gasteiger partial charge in [0.15, 0.2) is 11.6 Å². The van der Waals surface area contributed by atoms with Gasteiger partial charge in [-0.15, -0.1) is 0 Å². The second-order valence-electron chi connectivity index (χ2n) is 4.01. The molecule has 5 heteroatoms. The van der Waals surface area contributed by atoms with E-state index < -0.39 is 5.82 Å². The van der Waals surface area contributed by atoms with Crippen LogP contribution in [0.4, 0.5) is 10.2 Å². The molecule has 0 bridgehead atoms. The molecule has 1 rings (SSSR count). The number of nitrogens with zero attached hydrogens (tertiary/aromatic N) is 2. The second-order valence-corrected chi connectivity index (χ2v) is 4.01. The Morgan fingerprint density at radius 2 is 2.22 bits per heavy atom. The van der Waals surface area contributed by atoms with Crippen molar-refractivity contribution in [3.8, 4) is 0 Å². The average Bonchev–Trinajstić information content (AvgIpc) is 2.39. The minimum absolute atomic E-state index is 0.0762. The van der Waals surface area contributed by atoms with Gasteiger partial charge in [0.05, 0.1) is 5.56 Å². The van der Waals surface area contributed by atoms with Crippen LogP contribution in [0.25, 0.3) is 0 Å². The molecule has 0 atom stereocenters. The third kappa shape index (κ3) is 3.18. The Balaban J connectivity index is 2.94. The number of nitrogens with one attached hydrogen (secondary N) is 1. The van der Waals surface area contributed by atoms with Crippen LogP contribution in [0.2, 0.25) is 0 Å². The molecule has 0 spiro atoms. The molecule has 4 nitrogen and oxygen atoms in total. The minimum atomic E-state index is -0.583. The standard InChI is InChI=1S/C13H20FN3O/c1-4-6-9-17(5-2)13(18)10-7-8-16-12(15-3)11(10)14/h7-8H,4-6,9H2,1-3H3,(H,15,16). The summed E-state index contributed by atoms with van der Waals surface area (Å²) in [6.45, 7) is 5.19. The lowest BCUT2D eigenvalue weighted by Crippen LogP contribution is -2.32. The summed E-state index contributed by atoms with van der Waals surface area (Å²) in [7, 11) is 1.58. The van der Waals surface area contributed by atoms with Gasteiger partial charge in [-0.2, -0.15) is 0 Å². The van der Waals surface area contributed by atoms with Crippen molar-refractivity contribution in [3.63, 3.8) is 0 Å². The Labute approximate surface area is 107 Å². The molecule has 100 valence electrons. The number of carbonyl (C=O) groups excluding carboxylic acids is 1. The van der Waals surface area contributed by atoms with Gasteiger partial charge in [-0.05, 0) is 19.4 Å². The van der Waals surface area contributed by atoms with E-state index >= 15 is 0 Å². The molecule has 1 amide bonds. The third-order valence-corrected chi connectivity index (χ3v) is 2.81. The monoisotopic (exact) mass is 253 g/mol. The smallest absolute Gasteiger partial charge is 0.257 e. The van der Waals surface area contributed by atoms with Gasteiger partial charge < -0.3 is 10.2 Å². The van der Waals surface area contributed by atoms with Gasteiger partial charge in [0, 0.05) is 26.3 Å². The minimum Gasteiger partial charge on any atom is -0.371 e. The highest BCUT2D eigenvalue weighted by Crippen LogP contribution is 2.16. The van der Waals surface area contributed by atoms with Crippen LogP contribution in [0.5, 0.6) is 0 Å². The lowest BCUT2D eigenvalue weighted by atomic mass is 10.2. The van der Waals surface area contributed by atoms with Crippen LogP contribution in [0.1, 0.15) is 37.0 Å². The number of amides is 1. The van der Waals surface area contributed by atoms with E-state index in [9.17, 15) is 9.18 Å². The zero-order valence-corrected chi connectivity index (χ0v) is 11.2. The molecular formula is C13H20FN3O. The number of anilines is 1. The maximum absolute atomic E-state index is 14.0. The van der Waals surface area contributed by atoms with E-state index in [2.05, 4.69) is 17.2 Å². The molecule has 0 fully saturated rings. The van der Waals surface area contributed by atoms with E-state index in [-0.39, 0.29) is 17.3 Å². The van der Waals surface area contributed by atoms with Crippen molar-refractivity contribution in [1.29, 1.82) is 0 Å². The predicted octanol–water partition coefficient (Wildman–Crippen LogP) is 2.52. The highest BCUT2D eigenvalue weighted by Gasteiger charge is 2.19.